The molecule has 0 unspecified atom stereocenters. The summed E-state index contributed by atoms with van der Waals surface area (Å²) >= 11 is 0. The molecule has 6 heteroatoms. The van der Waals surface area contributed by atoms with E-state index in [9.17, 15) is 10.5 Å². The minimum absolute atomic E-state index is 0.00372. The van der Waals surface area contributed by atoms with E-state index in [1.54, 1.807) is 0 Å². The van der Waals surface area contributed by atoms with Crippen molar-refractivity contribution < 1.29 is 0 Å². The fourth-order valence-corrected chi connectivity index (χ4v) is 2.33. The summed E-state index contributed by atoms with van der Waals surface area (Å²) in [6, 6.07) is 11.7. The Morgan fingerprint density at radius 2 is 1.83 bits per heavy atom. The largest absolute Gasteiger partial charge is 0.383 e. The van der Waals surface area contributed by atoms with E-state index >= 15 is 0 Å². The molecule has 0 saturated heterocycles. The highest BCUT2D eigenvalue weighted by Crippen LogP contribution is 2.29. The van der Waals surface area contributed by atoms with Gasteiger partial charge in [0, 0.05) is 11.3 Å². The standard InChI is InChI=1S/C17H14N6/c1-10-3-4-15(11(2)7-10)22-17-14(9-20)12(5-6-18)13(8-19)16(21)23-17/h3-4,7H,5H2,1-2H3,(H3,21,22,23). The normalized spacial score (nSPS) is 9.52. The van der Waals surface area contributed by atoms with Gasteiger partial charge in [-0.3, -0.25) is 0 Å². The summed E-state index contributed by atoms with van der Waals surface area (Å²) in [7, 11) is 0. The zero-order chi connectivity index (χ0) is 17.0. The molecule has 1 heterocycles. The molecule has 0 radical (unpaired) electrons. The number of pyridine rings is 1. The van der Waals surface area contributed by atoms with Gasteiger partial charge in [0.25, 0.3) is 0 Å². The van der Waals surface area contributed by atoms with Crippen LogP contribution in [0.5, 0.6) is 0 Å². The number of aromatic nitrogens is 1. The highest BCUT2D eigenvalue weighted by atomic mass is 15.0. The van der Waals surface area contributed by atoms with Crippen molar-refractivity contribution >= 4 is 17.3 Å². The first-order valence-electron chi connectivity index (χ1n) is 6.85. The first-order valence-corrected chi connectivity index (χ1v) is 6.85. The monoisotopic (exact) mass is 302 g/mol. The number of nitrogen functional groups attached to an aromatic ring is 1. The van der Waals surface area contributed by atoms with Crippen LogP contribution in [0.1, 0.15) is 27.8 Å². The van der Waals surface area contributed by atoms with Crippen molar-refractivity contribution in [1.82, 2.24) is 4.98 Å². The van der Waals surface area contributed by atoms with Gasteiger partial charge in [0.05, 0.1) is 18.1 Å². The lowest BCUT2D eigenvalue weighted by Crippen LogP contribution is -2.08. The number of nitrogens with one attached hydrogen (secondary N) is 1. The third-order valence-electron chi connectivity index (χ3n) is 3.44. The Labute approximate surface area is 134 Å². The van der Waals surface area contributed by atoms with Gasteiger partial charge in [-0.05, 0) is 25.5 Å². The lowest BCUT2D eigenvalue weighted by atomic mass is 10.0. The average molecular weight is 302 g/mol. The van der Waals surface area contributed by atoms with Crippen molar-refractivity contribution in [2.24, 2.45) is 0 Å². The quantitative estimate of drug-likeness (QED) is 0.898. The summed E-state index contributed by atoms with van der Waals surface area (Å²) in [6.07, 6.45) is -0.0833. The van der Waals surface area contributed by atoms with Crippen LogP contribution in [0.25, 0.3) is 0 Å². The predicted molar refractivity (Wildman–Crippen MR) is 86.6 cm³/mol. The van der Waals surface area contributed by atoms with Crippen molar-refractivity contribution in [2.75, 3.05) is 11.1 Å². The van der Waals surface area contributed by atoms with Gasteiger partial charge in [0.2, 0.25) is 0 Å². The molecule has 0 aliphatic rings. The highest BCUT2D eigenvalue weighted by Gasteiger charge is 2.18. The molecule has 2 aromatic rings. The topological polar surface area (TPSA) is 122 Å². The van der Waals surface area contributed by atoms with Crippen LogP contribution in [-0.4, -0.2) is 4.98 Å². The lowest BCUT2D eigenvalue weighted by Gasteiger charge is -2.14. The van der Waals surface area contributed by atoms with Crippen LogP contribution in [-0.2, 0) is 6.42 Å². The van der Waals surface area contributed by atoms with Crippen LogP contribution in [0.15, 0.2) is 18.2 Å². The molecule has 0 aliphatic heterocycles. The Bertz CT molecular complexity index is 893. The van der Waals surface area contributed by atoms with E-state index in [0.717, 1.165) is 16.8 Å². The predicted octanol–water partition coefficient (Wildman–Crippen LogP) is 2.83. The van der Waals surface area contributed by atoms with E-state index in [-0.39, 0.29) is 29.2 Å². The summed E-state index contributed by atoms with van der Waals surface area (Å²) in [5, 5.41) is 30.7. The number of rotatable bonds is 3. The number of anilines is 3. The van der Waals surface area contributed by atoms with Crippen molar-refractivity contribution in [3.63, 3.8) is 0 Å². The number of nitrogens with two attached hydrogens (primary N) is 1. The van der Waals surface area contributed by atoms with Gasteiger partial charge in [0.1, 0.15) is 23.5 Å². The van der Waals surface area contributed by atoms with Crippen LogP contribution in [0.4, 0.5) is 17.3 Å². The molecular weight excluding hydrogens is 288 g/mol. The van der Waals surface area contributed by atoms with Crippen molar-refractivity contribution in [3.05, 3.63) is 46.0 Å². The summed E-state index contributed by atoms with van der Waals surface area (Å²) in [6.45, 7) is 3.92. The van der Waals surface area contributed by atoms with E-state index < -0.39 is 0 Å². The SMILES string of the molecule is Cc1ccc(Nc2nc(N)c(C#N)c(CC#N)c2C#N)c(C)c1. The highest BCUT2D eigenvalue weighted by molar-refractivity contribution is 5.72. The molecule has 1 aromatic carbocycles. The number of aryl methyl sites for hydroxylation is 2. The molecule has 0 saturated carbocycles. The van der Waals surface area contributed by atoms with Gasteiger partial charge < -0.3 is 11.1 Å². The summed E-state index contributed by atoms with van der Waals surface area (Å²) in [5.74, 6) is 0.255. The van der Waals surface area contributed by atoms with E-state index in [0.29, 0.717) is 5.56 Å². The van der Waals surface area contributed by atoms with Gasteiger partial charge in [-0.25, -0.2) is 4.98 Å². The van der Waals surface area contributed by atoms with Gasteiger partial charge >= 0.3 is 0 Å². The van der Waals surface area contributed by atoms with E-state index in [1.165, 1.54) is 0 Å². The Morgan fingerprint density at radius 1 is 1.13 bits per heavy atom. The zero-order valence-electron chi connectivity index (χ0n) is 12.8. The molecule has 0 bridgehead atoms. The van der Waals surface area contributed by atoms with E-state index in [1.807, 2.05) is 50.3 Å². The van der Waals surface area contributed by atoms with Crippen LogP contribution < -0.4 is 11.1 Å². The van der Waals surface area contributed by atoms with E-state index in [2.05, 4.69) is 10.3 Å². The number of nitrogens with zero attached hydrogens (tertiary/aromatic N) is 4. The fraction of sp³-hybridized carbons (Fsp3) is 0.176. The molecule has 2 rings (SSSR count). The summed E-state index contributed by atoms with van der Waals surface area (Å²) in [5.41, 5.74) is 9.24. The van der Waals surface area contributed by atoms with Crippen molar-refractivity contribution in [3.8, 4) is 18.2 Å². The minimum Gasteiger partial charge on any atom is -0.383 e. The molecule has 0 spiro atoms. The maximum Gasteiger partial charge on any atom is 0.151 e. The Morgan fingerprint density at radius 3 is 2.39 bits per heavy atom. The summed E-state index contributed by atoms with van der Waals surface area (Å²) < 4.78 is 0. The molecule has 0 fully saturated rings. The Hall–Kier alpha value is -3.56. The van der Waals surface area contributed by atoms with Gasteiger partial charge in [-0.1, -0.05) is 17.7 Å². The van der Waals surface area contributed by atoms with Crippen molar-refractivity contribution in [2.45, 2.75) is 20.3 Å². The van der Waals surface area contributed by atoms with Gasteiger partial charge in [0.15, 0.2) is 5.82 Å². The van der Waals surface area contributed by atoms with Gasteiger partial charge in [-0.15, -0.1) is 0 Å². The molecule has 23 heavy (non-hydrogen) atoms. The van der Waals surface area contributed by atoms with Crippen LogP contribution in [0.3, 0.4) is 0 Å². The van der Waals surface area contributed by atoms with Gasteiger partial charge in [-0.2, -0.15) is 15.8 Å². The van der Waals surface area contributed by atoms with Crippen LogP contribution in [0, 0.1) is 47.8 Å². The molecule has 0 atom stereocenters. The number of hydrogen-bond acceptors (Lipinski definition) is 6. The lowest BCUT2D eigenvalue weighted by molar-refractivity contribution is 1.17. The molecule has 3 N–H and O–H groups in total. The fourth-order valence-electron chi connectivity index (χ4n) is 2.33. The Kier molecular flexibility index (Phi) is 4.45. The second kappa shape index (κ2) is 6.47. The van der Waals surface area contributed by atoms with Crippen LogP contribution >= 0.6 is 0 Å². The Balaban J connectivity index is 2.62. The smallest absolute Gasteiger partial charge is 0.151 e. The van der Waals surface area contributed by atoms with Crippen LogP contribution in [0.2, 0.25) is 0 Å². The van der Waals surface area contributed by atoms with E-state index in [4.69, 9.17) is 11.0 Å². The molecule has 6 nitrogen and oxygen atoms in total. The third kappa shape index (κ3) is 3.05. The molecule has 0 aliphatic carbocycles. The number of nitriles is 3. The molecule has 112 valence electrons. The minimum atomic E-state index is -0.0833. The molecule has 1 aromatic heterocycles. The molecular formula is C17H14N6. The third-order valence-corrected chi connectivity index (χ3v) is 3.44. The second-order valence-electron chi connectivity index (χ2n) is 5.08. The second-order valence-corrected chi connectivity index (χ2v) is 5.08. The first kappa shape index (κ1) is 15.8. The molecule has 0 amide bonds. The average Bonchev–Trinajstić information content (AvgIpc) is 2.50. The first-order chi connectivity index (χ1) is 11.0. The maximum atomic E-state index is 9.44. The zero-order valence-corrected chi connectivity index (χ0v) is 12.8. The van der Waals surface area contributed by atoms with Crippen molar-refractivity contribution in [1.29, 1.82) is 15.8 Å². The number of hydrogen-bond donors (Lipinski definition) is 2. The number of benzene rings is 1. The summed E-state index contributed by atoms with van der Waals surface area (Å²) in [4.78, 5) is 4.13. The maximum absolute atomic E-state index is 9.44.